The van der Waals surface area contributed by atoms with Crippen LogP contribution in [0.15, 0.2) is 47.6 Å². The quantitative estimate of drug-likeness (QED) is 0.546. The van der Waals surface area contributed by atoms with E-state index in [0.29, 0.717) is 6.42 Å². The molecule has 2 aliphatic rings. The van der Waals surface area contributed by atoms with Crippen LogP contribution in [0.5, 0.6) is 0 Å². The Balaban J connectivity index is 1.15. The molecule has 6 nitrogen and oxygen atoms in total. The Morgan fingerprint density at radius 1 is 0.933 bits per heavy atom. The highest BCUT2D eigenvalue weighted by atomic mass is 32.1. The van der Waals surface area contributed by atoms with E-state index in [2.05, 4.69) is 61.6 Å². The van der Waals surface area contributed by atoms with Crippen LogP contribution >= 0.6 is 11.3 Å². The van der Waals surface area contributed by atoms with Crippen molar-refractivity contribution in [2.45, 2.75) is 25.7 Å². The summed E-state index contributed by atoms with van der Waals surface area (Å²) in [7, 11) is 0. The van der Waals surface area contributed by atoms with E-state index in [1.165, 1.54) is 30.0 Å². The van der Waals surface area contributed by atoms with Gasteiger partial charge in [-0.2, -0.15) is 5.10 Å². The van der Waals surface area contributed by atoms with Crippen molar-refractivity contribution < 1.29 is 4.79 Å². The van der Waals surface area contributed by atoms with Gasteiger partial charge in [-0.1, -0.05) is 18.2 Å². The molecule has 2 aliphatic heterocycles. The molecule has 0 atom stereocenters. The van der Waals surface area contributed by atoms with Crippen molar-refractivity contribution in [1.29, 1.82) is 0 Å². The SMILES string of the molecule is O=C(CCN1CCN(c2ccccc2)CC1)N/N=C/c1ccc(N2CCCCC2)s1. The second kappa shape index (κ2) is 10.6. The van der Waals surface area contributed by atoms with Crippen LogP contribution in [0, 0.1) is 0 Å². The second-order valence-corrected chi connectivity index (χ2v) is 9.02. The molecule has 2 aromatic rings. The molecule has 0 bridgehead atoms. The molecule has 0 spiro atoms. The Labute approximate surface area is 183 Å². The molecule has 2 saturated heterocycles. The number of hydrogen-bond acceptors (Lipinski definition) is 6. The smallest absolute Gasteiger partial charge is 0.241 e. The topological polar surface area (TPSA) is 51.2 Å². The Morgan fingerprint density at radius 2 is 1.70 bits per heavy atom. The van der Waals surface area contributed by atoms with Gasteiger partial charge in [-0.05, 0) is 43.5 Å². The summed E-state index contributed by atoms with van der Waals surface area (Å²) < 4.78 is 0. The summed E-state index contributed by atoms with van der Waals surface area (Å²) in [4.78, 5) is 20.4. The van der Waals surface area contributed by atoms with Crippen LogP contribution in [-0.4, -0.2) is 62.8 Å². The number of nitrogens with one attached hydrogen (secondary N) is 1. The van der Waals surface area contributed by atoms with Crippen molar-refractivity contribution in [3.63, 3.8) is 0 Å². The van der Waals surface area contributed by atoms with E-state index in [1.54, 1.807) is 17.6 Å². The summed E-state index contributed by atoms with van der Waals surface area (Å²) in [6.45, 7) is 7.05. The first-order chi connectivity index (χ1) is 14.8. The van der Waals surface area contributed by atoms with Crippen LogP contribution in [0.2, 0.25) is 0 Å². The van der Waals surface area contributed by atoms with Crippen LogP contribution in [0.3, 0.4) is 0 Å². The standard InChI is InChI=1S/C23H31N5OS/c29-22(11-14-26-15-17-27(18-16-26)20-7-3-1-4-8-20)25-24-19-21-9-10-23(30-21)28-12-5-2-6-13-28/h1,3-4,7-10,19H,2,5-6,11-18H2,(H,25,29)/b24-19+. The first-order valence-electron chi connectivity index (χ1n) is 11.0. The van der Waals surface area contributed by atoms with Crippen LogP contribution < -0.4 is 15.2 Å². The van der Waals surface area contributed by atoms with Gasteiger partial charge in [0.05, 0.1) is 11.2 Å². The third-order valence-corrected chi connectivity index (χ3v) is 6.89. The van der Waals surface area contributed by atoms with Gasteiger partial charge >= 0.3 is 0 Å². The fourth-order valence-electron chi connectivity index (χ4n) is 4.05. The van der Waals surface area contributed by atoms with Crippen molar-refractivity contribution in [2.24, 2.45) is 5.10 Å². The van der Waals surface area contributed by atoms with Crippen LogP contribution in [0.1, 0.15) is 30.6 Å². The van der Waals surface area contributed by atoms with Gasteiger partial charge in [0.15, 0.2) is 0 Å². The van der Waals surface area contributed by atoms with E-state index < -0.39 is 0 Å². The fourth-order valence-corrected chi connectivity index (χ4v) is 4.98. The number of para-hydroxylation sites is 1. The summed E-state index contributed by atoms with van der Waals surface area (Å²) in [6, 6.07) is 14.8. The summed E-state index contributed by atoms with van der Waals surface area (Å²) >= 11 is 1.74. The van der Waals surface area contributed by atoms with E-state index in [1.807, 2.05) is 6.07 Å². The maximum Gasteiger partial charge on any atom is 0.241 e. The minimum atomic E-state index is -0.0236. The van der Waals surface area contributed by atoms with E-state index in [-0.39, 0.29) is 5.91 Å². The molecule has 0 aliphatic carbocycles. The molecule has 3 heterocycles. The van der Waals surface area contributed by atoms with Crippen molar-refractivity contribution in [3.05, 3.63) is 47.3 Å². The summed E-state index contributed by atoms with van der Waals surface area (Å²) in [5.41, 5.74) is 3.96. The predicted octanol–water partition coefficient (Wildman–Crippen LogP) is 3.40. The molecule has 2 fully saturated rings. The lowest BCUT2D eigenvalue weighted by Gasteiger charge is -2.36. The molecular weight excluding hydrogens is 394 g/mol. The third kappa shape index (κ3) is 5.83. The number of amides is 1. The molecule has 1 aromatic carbocycles. The van der Waals surface area contributed by atoms with E-state index >= 15 is 0 Å². The number of carbonyl (C=O) groups excluding carboxylic acids is 1. The lowest BCUT2D eigenvalue weighted by atomic mass is 10.1. The molecule has 160 valence electrons. The number of rotatable bonds is 7. The summed E-state index contributed by atoms with van der Waals surface area (Å²) in [5, 5.41) is 5.46. The first kappa shape index (κ1) is 20.9. The average Bonchev–Trinajstić information content (AvgIpc) is 3.28. The zero-order chi connectivity index (χ0) is 20.6. The largest absolute Gasteiger partial charge is 0.369 e. The zero-order valence-electron chi connectivity index (χ0n) is 17.5. The highest BCUT2D eigenvalue weighted by Gasteiger charge is 2.17. The van der Waals surface area contributed by atoms with Gasteiger partial charge in [-0.3, -0.25) is 9.69 Å². The molecule has 0 unspecified atom stereocenters. The molecule has 0 radical (unpaired) electrons. The Bertz CT molecular complexity index is 823. The van der Waals surface area contributed by atoms with Gasteiger partial charge in [-0.15, -0.1) is 11.3 Å². The maximum absolute atomic E-state index is 12.1. The van der Waals surface area contributed by atoms with E-state index in [0.717, 1.165) is 50.7 Å². The summed E-state index contributed by atoms with van der Waals surface area (Å²) in [5.74, 6) is -0.0236. The van der Waals surface area contributed by atoms with Crippen LogP contribution in [0.4, 0.5) is 10.7 Å². The normalized spacial score (nSPS) is 18.1. The van der Waals surface area contributed by atoms with Gasteiger partial charge in [0, 0.05) is 62.8 Å². The van der Waals surface area contributed by atoms with E-state index in [9.17, 15) is 4.79 Å². The fraction of sp³-hybridized carbons (Fsp3) is 0.478. The Kier molecular flexibility index (Phi) is 7.37. The zero-order valence-corrected chi connectivity index (χ0v) is 18.3. The highest BCUT2D eigenvalue weighted by molar-refractivity contribution is 7.17. The number of carbonyl (C=O) groups is 1. The van der Waals surface area contributed by atoms with E-state index in [4.69, 9.17) is 0 Å². The second-order valence-electron chi connectivity index (χ2n) is 7.93. The molecule has 30 heavy (non-hydrogen) atoms. The number of thiophene rings is 1. The summed E-state index contributed by atoms with van der Waals surface area (Å²) in [6.07, 6.45) is 6.13. The molecule has 4 rings (SSSR count). The number of benzene rings is 1. The maximum atomic E-state index is 12.1. The van der Waals surface area contributed by atoms with Gasteiger partial charge in [0.1, 0.15) is 0 Å². The number of nitrogens with zero attached hydrogens (tertiary/aromatic N) is 4. The Hall–Kier alpha value is -2.38. The number of hydrazone groups is 1. The number of hydrogen-bond donors (Lipinski definition) is 1. The van der Waals surface area contributed by atoms with Crippen LogP contribution in [0.25, 0.3) is 0 Å². The minimum absolute atomic E-state index is 0.0236. The molecule has 1 amide bonds. The van der Waals surface area contributed by atoms with Gasteiger partial charge < -0.3 is 9.80 Å². The van der Waals surface area contributed by atoms with Crippen molar-refractivity contribution in [3.8, 4) is 0 Å². The van der Waals surface area contributed by atoms with Crippen molar-refractivity contribution >= 4 is 34.1 Å². The van der Waals surface area contributed by atoms with Crippen LogP contribution in [-0.2, 0) is 4.79 Å². The molecule has 1 aromatic heterocycles. The van der Waals surface area contributed by atoms with Gasteiger partial charge in [0.2, 0.25) is 5.91 Å². The third-order valence-electron chi connectivity index (χ3n) is 5.81. The van der Waals surface area contributed by atoms with Crippen molar-refractivity contribution in [1.82, 2.24) is 10.3 Å². The lowest BCUT2D eigenvalue weighted by Crippen LogP contribution is -2.47. The predicted molar refractivity (Wildman–Crippen MR) is 126 cm³/mol. The van der Waals surface area contributed by atoms with Gasteiger partial charge in [-0.25, -0.2) is 5.43 Å². The average molecular weight is 426 g/mol. The minimum Gasteiger partial charge on any atom is -0.369 e. The number of piperazine rings is 1. The first-order valence-corrected chi connectivity index (χ1v) is 11.8. The monoisotopic (exact) mass is 425 g/mol. The Morgan fingerprint density at radius 3 is 2.47 bits per heavy atom. The van der Waals surface area contributed by atoms with Crippen molar-refractivity contribution in [2.75, 3.05) is 55.6 Å². The number of piperidine rings is 1. The molecule has 7 heteroatoms. The molecule has 0 saturated carbocycles. The van der Waals surface area contributed by atoms with Gasteiger partial charge in [0.25, 0.3) is 0 Å². The molecule has 1 N–H and O–H groups in total. The molecular formula is C23H31N5OS. The number of anilines is 2. The lowest BCUT2D eigenvalue weighted by molar-refractivity contribution is -0.121. The highest BCUT2D eigenvalue weighted by Crippen LogP contribution is 2.27.